The molecular weight excluding hydrogens is 170 g/mol. The van der Waals surface area contributed by atoms with Crippen LogP contribution in [0, 0.1) is 5.92 Å². The van der Waals surface area contributed by atoms with Gasteiger partial charge in [-0.2, -0.15) is 0 Å². The summed E-state index contributed by atoms with van der Waals surface area (Å²) in [7, 11) is 0. The smallest absolute Gasteiger partial charge is 0.00953 e. The molecule has 1 nitrogen and oxygen atoms in total. The van der Waals surface area contributed by atoms with Crippen LogP contribution in [-0.4, -0.2) is 12.6 Å². The Kier molecular flexibility index (Phi) is 6.25. The lowest BCUT2D eigenvalue weighted by Crippen LogP contribution is -2.32. The van der Waals surface area contributed by atoms with E-state index in [1.54, 1.807) is 0 Å². The number of unbranched alkanes of at least 4 members (excludes halogenated alkanes) is 2. The maximum atomic E-state index is 3.71. The molecule has 1 fully saturated rings. The van der Waals surface area contributed by atoms with Crippen LogP contribution in [0.15, 0.2) is 0 Å². The Labute approximate surface area is 89.7 Å². The first-order chi connectivity index (χ1) is 6.88. The van der Waals surface area contributed by atoms with Crippen molar-refractivity contribution < 1.29 is 0 Å². The predicted molar refractivity (Wildman–Crippen MR) is 63.6 cm³/mol. The Morgan fingerprint density at radius 3 is 2.64 bits per heavy atom. The first-order valence-corrected chi connectivity index (χ1v) is 6.61. The minimum Gasteiger partial charge on any atom is -0.314 e. The summed E-state index contributed by atoms with van der Waals surface area (Å²) in [6.07, 6.45) is 11.3. The molecule has 1 aliphatic carbocycles. The lowest BCUT2D eigenvalue weighted by molar-refractivity contribution is 0.368. The zero-order valence-electron chi connectivity index (χ0n) is 10.0. The second kappa shape index (κ2) is 7.28. The third-order valence-corrected chi connectivity index (χ3v) is 3.49. The Bertz CT molecular complexity index is 133. The van der Waals surface area contributed by atoms with E-state index >= 15 is 0 Å². The predicted octanol–water partition coefficient (Wildman–Crippen LogP) is 3.74. The molecule has 0 spiro atoms. The van der Waals surface area contributed by atoms with Crippen LogP contribution in [0.2, 0.25) is 0 Å². The molecule has 2 atom stereocenters. The molecule has 2 unspecified atom stereocenters. The molecule has 84 valence electrons. The van der Waals surface area contributed by atoms with Crippen molar-refractivity contribution in [2.45, 2.75) is 71.3 Å². The van der Waals surface area contributed by atoms with Gasteiger partial charge in [-0.25, -0.2) is 0 Å². The summed E-state index contributed by atoms with van der Waals surface area (Å²) in [5, 5.41) is 3.71. The molecule has 0 saturated heterocycles. The van der Waals surface area contributed by atoms with Gasteiger partial charge in [0.2, 0.25) is 0 Å². The van der Waals surface area contributed by atoms with Crippen molar-refractivity contribution in [3.63, 3.8) is 0 Å². The van der Waals surface area contributed by atoms with Crippen molar-refractivity contribution in [2.24, 2.45) is 5.92 Å². The van der Waals surface area contributed by atoms with E-state index in [0.717, 1.165) is 12.0 Å². The van der Waals surface area contributed by atoms with Gasteiger partial charge in [0.15, 0.2) is 0 Å². The summed E-state index contributed by atoms with van der Waals surface area (Å²) in [6, 6.07) is 0.854. The fraction of sp³-hybridized carbons (Fsp3) is 1.00. The molecule has 1 rings (SSSR count). The van der Waals surface area contributed by atoms with E-state index in [0.29, 0.717) is 0 Å². The third-order valence-electron chi connectivity index (χ3n) is 3.49. The summed E-state index contributed by atoms with van der Waals surface area (Å²) in [4.78, 5) is 0. The number of hydrogen-bond donors (Lipinski definition) is 1. The van der Waals surface area contributed by atoms with Crippen molar-refractivity contribution >= 4 is 0 Å². The summed E-state index contributed by atoms with van der Waals surface area (Å²) < 4.78 is 0. The van der Waals surface area contributed by atoms with Crippen LogP contribution in [0.4, 0.5) is 0 Å². The van der Waals surface area contributed by atoms with Gasteiger partial charge >= 0.3 is 0 Å². The van der Waals surface area contributed by atoms with Gasteiger partial charge in [0, 0.05) is 6.04 Å². The second-order valence-electron chi connectivity index (χ2n) is 4.75. The van der Waals surface area contributed by atoms with Gasteiger partial charge in [-0.1, -0.05) is 39.5 Å². The molecule has 1 saturated carbocycles. The van der Waals surface area contributed by atoms with Gasteiger partial charge in [0.25, 0.3) is 0 Å². The number of rotatable bonds is 7. The molecule has 14 heavy (non-hydrogen) atoms. The summed E-state index contributed by atoms with van der Waals surface area (Å²) in [5.74, 6) is 0.994. The molecule has 0 amide bonds. The second-order valence-corrected chi connectivity index (χ2v) is 4.75. The van der Waals surface area contributed by atoms with Crippen LogP contribution in [0.1, 0.15) is 65.2 Å². The van der Waals surface area contributed by atoms with Crippen LogP contribution in [-0.2, 0) is 0 Å². The standard InChI is InChI=1S/C13H27N/c1-3-5-6-8-12-9-7-10-13(12)14-11-4-2/h12-14H,3-11H2,1-2H3. The van der Waals surface area contributed by atoms with Crippen LogP contribution in [0.25, 0.3) is 0 Å². The molecule has 0 aliphatic heterocycles. The van der Waals surface area contributed by atoms with E-state index < -0.39 is 0 Å². The van der Waals surface area contributed by atoms with Crippen molar-refractivity contribution in [2.75, 3.05) is 6.54 Å². The molecule has 1 heteroatoms. The summed E-state index contributed by atoms with van der Waals surface area (Å²) in [6.45, 7) is 5.77. The van der Waals surface area contributed by atoms with Crippen molar-refractivity contribution in [1.29, 1.82) is 0 Å². The number of hydrogen-bond acceptors (Lipinski definition) is 1. The quantitative estimate of drug-likeness (QED) is 0.613. The summed E-state index contributed by atoms with van der Waals surface area (Å²) >= 11 is 0. The average molecular weight is 197 g/mol. The monoisotopic (exact) mass is 197 g/mol. The Balaban J connectivity index is 2.14. The minimum absolute atomic E-state index is 0.854. The Hall–Kier alpha value is -0.0400. The maximum Gasteiger partial charge on any atom is 0.00953 e. The summed E-state index contributed by atoms with van der Waals surface area (Å²) in [5.41, 5.74) is 0. The SMILES string of the molecule is CCCCCC1CCCC1NCCC. The highest BCUT2D eigenvalue weighted by Gasteiger charge is 2.25. The molecule has 1 aliphatic rings. The minimum atomic E-state index is 0.854. The molecular formula is C13H27N. The van der Waals surface area contributed by atoms with Crippen molar-refractivity contribution in [3.8, 4) is 0 Å². The van der Waals surface area contributed by atoms with E-state index in [-0.39, 0.29) is 0 Å². The fourth-order valence-electron chi connectivity index (χ4n) is 2.64. The van der Waals surface area contributed by atoms with Crippen molar-refractivity contribution in [3.05, 3.63) is 0 Å². The van der Waals surface area contributed by atoms with E-state index in [9.17, 15) is 0 Å². The van der Waals surface area contributed by atoms with E-state index in [4.69, 9.17) is 0 Å². The molecule has 0 aromatic rings. The Morgan fingerprint density at radius 2 is 1.93 bits per heavy atom. The van der Waals surface area contributed by atoms with E-state index in [2.05, 4.69) is 19.2 Å². The normalized spacial score (nSPS) is 27.0. The number of nitrogens with one attached hydrogen (secondary N) is 1. The highest BCUT2D eigenvalue weighted by Crippen LogP contribution is 2.29. The molecule has 0 bridgehead atoms. The first kappa shape index (κ1) is 12.0. The van der Waals surface area contributed by atoms with Gasteiger partial charge in [-0.3, -0.25) is 0 Å². The molecule has 1 N–H and O–H groups in total. The van der Waals surface area contributed by atoms with Gasteiger partial charge in [-0.05, 0) is 38.1 Å². The van der Waals surface area contributed by atoms with Gasteiger partial charge < -0.3 is 5.32 Å². The largest absolute Gasteiger partial charge is 0.314 e. The molecule has 0 radical (unpaired) electrons. The van der Waals surface area contributed by atoms with Gasteiger partial charge in [-0.15, -0.1) is 0 Å². The molecule has 0 aromatic carbocycles. The van der Waals surface area contributed by atoms with Crippen LogP contribution < -0.4 is 5.32 Å². The highest BCUT2D eigenvalue weighted by atomic mass is 14.9. The average Bonchev–Trinajstić information content (AvgIpc) is 2.63. The fourth-order valence-corrected chi connectivity index (χ4v) is 2.64. The molecule has 0 heterocycles. The van der Waals surface area contributed by atoms with Crippen LogP contribution in [0.5, 0.6) is 0 Å². The zero-order valence-corrected chi connectivity index (χ0v) is 10.0. The van der Waals surface area contributed by atoms with E-state index in [1.165, 1.54) is 57.9 Å². The Morgan fingerprint density at radius 1 is 1.07 bits per heavy atom. The lowest BCUT2D eigenvalue weighted by atomic mass is 9.96. The topological polar surface area (TPSA) is 12.0 Å². The van der Waals surface area contributed by atoms with Gasteiger partial charge in [0.05, 0.1) is 0 Å². The van der Waals surface area contributed by atoms with Gasteiger partial charge in [0.1, 0.15) is 0 Å². The van der Waals surface area contributed by atoms with E-state index in [1.807, 2.05) is 0 Å². The molecule has 0 aromatic heterocycles. The highest BCUT2D eigenvalue weighted by molar-refractivity contribution is 4.82. The lowest BCUT2D eigenvalue weighted by Gasteiger charge is -2.20. The maximum absolute atomic E-state index is 3.71. The zero-order chi connectivity index (χ0) is 10.2. The van der Waals surface area contributed by atoms with Crippen LogP contribution in [0.3, 0.4) is 0 Å². The van der Waals surface area contributed by atoms with Crippen LogP contribution >= 0.6 is 0 Å². The third kappa shape index (κ3) is 4.00. The first-order valence-electron chi connectivity index (χ1n) is 6.61. The van der Waals surface area contributed by atoms with Crippen molar-refractivity contribution in [1.82, 2.24) is 5.32 Å².